The van der Waals surface area contributed by atoms with Crippen molar-refractivity contribution in [3.8, 4) is 0 Å². The average molecular weight is 250 g/mol. The number of amides is 1. The van der Waals surface area contributed by atoms with Crippen molar-refractivity contribution in [1.29, 1.82) is 0 Å². The minimum absolute atomic E-state index is 0.214. The number of hydrogen-bond acceptors (Lipinski definition) is 5. The quantitative estimate of drug-likeness (QED) is 0.662. The van der Waals surface area contributed by atoms with E-state index in [-0.39, 0.29) is 11.5 Å². The molecule has 0 spiro atoms. The molecule has 1 amide bonds. The van der Waals surface area contributed by atoms with Crippen molar-refractivity contribution in [2.24, 2.45) is 5.10 Å². The van der Waals surface area contributed by atoms with Gasteiger partial charge in [0.1, 0.15) is 5.82 Å². The molecule has 0 saturated heterocycles. The van der Waals surface area contributed by atoms with Gasteiger partial charge in [-0.25, -0.2) is 9.82 Å². The minimum atomic E-state index is -0.433. The van der Waals surface area contributed by atoms with Crippen molar-refractivity contribution in [2.45, 2.75) is 0 Å². The van der Waals surface area contributed by atoms with E-state index in [1.165, 1.54) is 23.7 Å². The topological polar surface area (TPSA) is 67.2 Å². The Kier molecular flexibility index (Phi) is 3.51. The highest BCUT2D eigenvalue weighted by Gasteiger charge is 2.06. The van der Waals surface area contributed by atoms with Gasteiger partial charge in [-0.3, -0.25) is 4.79 Å². The molecule has 0 radical (unpaired) electrons. The first-order valence-corrected chi connectivity index (χ1v) is 5.45. The SMILES string of the molecule is O=C(N/N=C\c1ccc(F)cc1)c1csnn1. The highest BCUT2D eigenvalue weighted by molar-refractivity contribution is 7.03. The highest BCUT2D eigenvalue weighted by Crippen LogP contribution is 2.00. The molecular formula is C10H7FN4OS. The molecule has 0 aliphatic carbocycles. The zero-order valence-corrected chi connectivity index (χ0v) is 9.32. The maximum Gasteiger partial charge on any atom is 0.292 e. The molecule has 7 heteroatoms. The van der Waals surface area contributed by atoms with Crippen molar-refractivity contribution >= 4 is 23.7 Å². The Bertz CT molecular complexity index is 524. The summed E-state index contributed by atoms with van der Waals surface area (Å²) in [5.74, 6) is -0.753. The number of hydrogen-bond donors (Lipinski definition) is 1. The second-order valence-corrected chi connectivity index (χ2v) is 3.65. The summed E-state index contributed by atoms with van der Waals surface area (Å²) >= 11 is 1.08. The Hall–Kier alpha value is -2.15. The lowest BCUT2D eigenvalue weighted by atomic mass is 10.2. The Balaban J connectivity index is 1.94. The lowest BCUT2D eigenvalue weighted by Gasteiger charge is -1.94. The number of aromatic nitrogens is 2. The van der Waals surface area contributed by atoms with Gasteiger partial charge in [-0.05, 0) is 29.2 Å². The number of carbonyl (C=O) groups is 1. The zero-order chi connectivity index (χ0) is 12.1. The van der Waals surface area contributed by atoms with Crippen molar-refractivity contribution in [1.82, 2.24) is 15.0 Å². The maximum absolute atomic E-state index is 12.6. The maximum atomic E-state index is 12.6. The van der Waals surface area contributed by atoms with Crippen LogP contribution in [0.15, 0.2) is 34.7 Å². The van der Waals surface area contributed by atoms with Gasteiger partial charge in [-0.1, -0.05) is 16.6 Å². The fraction of sp³-hybridized carbons (Fsp3) is 0. The van der Waals surface area contributed by atoms with Crippen molar-refractivity contribution in [2.75, 3.05) is 0 Å². The summed E-state index contributed by atoms with van der Waals surface area (Å²) in [5, 5.41) is 8.82. The second kappa shape index (κ2) is 5.26. The fourth-order valence-electron chi connectivity index (χ4n) is 1.04. The Labute approximate surface area is 100 Å². The third-order valence-electron chi connectivity index (χ3n) is 1.84. The van der Waals surface area contributed by atoms with E-state index in [9.17, 15) is 9.18 Å². The van der Waals surface area contributed by atoms with Crippen LogP contribution < -0.4 is 5.43 Å². The van der Waals surface area contributed by atoms with Crippen molar-refractivity contribution < 1.29 is 9.18 Å². The van der Waals surface area contributed by atoms with Gasteiger partial charge < -0.3 is 0 Å². The molecule has 0 atom stereocenters. The van der Waals surface area contributed by atoms with E-state index in [2.05, 4.69) is 20.1 Å². The summed E-state index contributed by atoms with van der Waals surface area (Å²) in [4.78, 5) is 11.4. The number of rotatable bonds is 3. The summed E-state index contributed by atoms with van der Waals surface area (Å²) in [6.45, 7) is 0. The third-order valence-corrected chi connectivity index (χ3v) is 2.35. The van der Waals surface area contributed by atoms with Gasteiger partial charge in [0.25, 0.3) is 5.91 Å². The highest BCUT2D eigenvalue weighted by atomic mass is 32.1. The Morgan fingerprint density at radius 2 is 2.18 bits per heavy atom. The largest absolute Gasteiger partial charge is 0.292 e. The molecule has 0 unspecified atom stereocenters. The molecule has 2 rings (SSSR count). The van der Waals surface area contributed by atoms with Crippen LogP contribution in [-0.4, -0.2) is 21.7 Å². The van der Waals surface area contributed by atoms with Gasteiger partial charge in [0.15, 0.2) is 5.69 Å². The predicted molar refractivity (Wildman–Crippen MR) is 61.4 cm³/mol. The molecule has 1 aromatic heterocycles. The summed E-state index contributed by atoms with van der Waals surface area (Å²) in [6, 6.07) is 5.73. The Morgan fingerprint density at radius 1 is 1.41 bits per heavy atom. The molecular weight excluding hydrogens is 243 g/mol. The number of nitrogens with one attached hydrogen (secondary N) is 1. The molecule has 17 heavy (non-hydrogen) atoms. The zero-order valence-electron chi connectivity index (χ0n) is 8.50. The minimum Gasteiger partial charge on any atom is -0.265 e. The summed E-state index contributed by atoms with van der Waals surface area (Å²) in [6.07, 6.45) is 1.41. The predicted octanol–water partition coefficient (Wildman–Crippen LogP) is 1.44. The van der Waals surface area contributed by atoms with Crippen LogP contribution >= 0.6 is 11.5 Å². The van der Waals surface area contributed by atoms with Crippen molar-refractivity contribution in [3.63, 3.8) is 0 Å². The van der Waals surface area contributed by atoms with Crippen LogP contribution in [0.4, 0.5) is 4.39 Å². The van der Waals surface area contributed by atoms with E-state index >= 15 is 0 Å². The van der Waals surface area contributed by atoms with E-state index in [1.807, 2.05) is 0 Å². The first-order valence-electron chi connectivity index (χ1n) is 4.62. The molecule has 1 heterocycles. The first kappa shape index (κ1) is 11.3. The number of carbonyl (C=O) groups excluding carboxylic acids is 1. The molecule has 0 saturated carbocycles. The molecule has 0 aliphatic heterocycles. The standard InChI is InChI=1S/C10H7FN4OS/c11-8-3-1-7(2-4-8)5-12-14-10(16)9-6-17-15-13-9/h1-6H,(H,14,16)/b12-5-. The van der Waals surface area contributed by atoms with Gasteiger partial charge in [-0.15, -0.1) is 5.10 Å². The van der Waals surface area contributed by atoms with Crippen LogP contribution in [-0.2, 0) is 0 Å². The van der Waals surface area contributed by atoms with Crippen LogP contribution in [0, 0.1) is 5.82 Å². The Morgan fingerprint density at radius 3 is 2.82 bits per heavy atom. The molecule has 2 aromatic rings. The number of nitrogens with zero attached hydrogens (tertiary/aromatic N) is 3. The second-order valence-electron chi connectivity index (χ2n) is 3.04. The van der Waals surface area contributed by atoms with E-state index in [4.69, 9.17) is 0 Å². The average Bonchev–Trinajstić information content (AvgIpc) is 2.85. The molecule has 86 valence electrons. The normalized spacial score (nSPS) is 10.6. The van der Waals surface area contributed by atoms with E-state index in [1.54, 1.807) is 12.1 Å². The van der Waals surface area contributed by atoms with Crippen LogP contribution in [0.1, 0.15) is 16.1 Å². The van der Waals surface area contributed by atoms with Gasteiger partial charge >= 0.3 is 0 Å². The van der Waals surface area contributed by atoms with Crippen LogP contribution in [0.2, 0.25) is 0 Å². The summed E-state index contributed by atoms with van der Waals surface area (Å²) < 4.78 is 16.2. The summed E-state index contributed by atoms with van der Waals surface area (Å²) in [7, 11) is 0. The first-order chi connectivity index (χ1) is 8.25. The summed E-state index contributed by atoms with van der Waals surface area (Å²) in [5.41, 5.74) is 3.19. The monoisotopic (exact) mass is 250 g/mol. The van der Waals surface area contributed by atoms with Crippen LogP contribution in [0.5, 0.6) is 0 Å². The fourth-order valence-corrected chi connectivity index (χ4v) is 1.47. The number of benzene rings is 1. The van der Waals surface area contributed by atoms with Gasteiger partial charge in [0, 0.05) is 5.38 Å². The molecule has 1 aromatic carbocycles. The van der Waals surface area contributed by atoms with Crippen molar-refractivity contribution in [3.05, 3.63) is 46.7 Å². The van der Waals surface area contributed by atoms with E-state index in [0.717, 1.165) is 11.5 Å². The smallest absolute Gasteiger partial charge is 0.265 e. The molecule has 1 N–H and O–H groups in total. The van der Waals surface area contributed by atoms with Crippen LogP contribution in [0.3, 0.4) is 0 Å². The number of halogens is 1. The third kappa shape index (κ3) is 3.15. The van der Waals surface area contributed by atoms with E-state index < -0.39 is 5.91 Å². The van der Waals surface area contributed by atoms with E-state index in [0.29, 0.717) is 5.56 Å². The molecule has 0 fully saturated rings. The molecule has 5 nitrogen and oxygen atoms in total. The lowest BCUT2D eigenvalue weighted by Crippen LogP contribution is -2.17. The van der Waals surface area contributed by atoms with Crippen LogP contribution in [0.25, 0.3) is 0 Å². The van der Waals surface area contributed by atoms with Gasteiger partial charge in [0.2, 0.25) is 0 Å². The lowest BCUT2D eigenvalue weighted by molar-refractivity contribution is 0.0950. The molecule has 0 bridgehead atoms. The number of hydrazone groups is 1. The molecule has 0 aliphatic rings. The van der Waals surface area contributed by atoms with Gasteiger partial charge in [-0.2, -0.15) is 5.10 Å². The van der Waals surface area contributed by atoms with Gasteiger partial charge in [0.05, 0.1) is 6.21 Å².